The number of aromatic nitrogens is 6. The number of imidazole rings is 1. The van der Waals surface area contributed by atoms with Crippen LogP contribution in [0.3, 0.4) is 0 Å². The largest absolute Gasteiger partial charge is 0.573 e. The normalized spacial score (nSPS) is 11.6. The minimum absolute atomic E-state index is 0.0424. The molecule has 3 heterocycles. The zero-order valence-corrected chi connectivity index (χ0v) is 17.9. The van der Waals surface area contributed by atoms with E-state index < -0.39 is 18.0 Å². The number of ether oxygens (including phenoxy) is 2. The van der Waals surface area contributed by atoms with E-state index in [2.05, 4.69) is 30.0 Å². The lowest BCUT2D eigenvalue weighted by Gasteiger charge is -2.10. The summed E-state index contributed by atoms with van der Waals surface area (Å²) in [6, 6.07) is 11.8. The number of fused-ring (bicyclic) bond motifs is 1. The number of hydrogen-bond acceptors (Lipinski definition) is 7. The van der Waals surface area contributed by atoms with E-state index in [0.29, 0.717) is 17.1 Å². The Morgan fingerprint density at radius 3 is 2.31 bits per heavy atom. The van der Waals surface area contributed by atoms with Crippen LogP contribution in [0.15, 0.2) is 67.0 Å². The van der Waals surface area contributed by atoms with Crippen molar-refractivity contribution in [3.63, 3.8) is 0 Å². The number of alkyl halides is 3. The van der Waals surface area contributed by atoms with Crippen LogP contribution in [-0.2, 0) is 6.54 Å². The van der Waals surface area contributed by atoms with Crippen molar-refractivity contribution in [1.82, 2.24) is 29.9 Å². The SMILES string of the molecule is Fc1cccc(-c2nc3cnn(Cc4ccc(Oc5ccc(OC(F)(F)F)cc5)nn4)cc-3n2)c1F. The van der Waals surface area contributed by atoms with Gasteiger partial charge in [0.2, 0.25) is 5.88 Å². The number of nitrogens with zero attached hydrogens (tertiary/aromatic N) is 6. The number of rotatable bonds is 6. The average Bonchev–Trinajstić information content (AvgIpc) is 3.26. The topological polar surface area (TPSA) is 87.8 Å². The van der Waals surface area contributed by atoms with E-state index in [0.717, 1.165) is 18.2 Å². The van der Waals surface area contributed by atoms with Gasteiger partial charge in [0.15, 0.2) is 17.5 Å². The van der Waals surface area contributed by atoms with Gasteiger partial charge in [0.25, 0.3) is 0 Å². The molecule has 0 unspecified atom stereocenters. The Labute approximate surface area is 199 Å². The molecule has 0 aliphatic carbocycles. The third kappa shape index (κ3) is 5.19. The molecule has 2 aromatic carbocycles. The van der Waals surface area contributed by atoms with E-state index in [4.69, 9.17) is 4.74 Å². The summed E-state index contributed by atoms with van der Waals surface area (Å²) in [4.78, 5) is 8.47. The summed E-state index contributed by atoms with van der Waals surface area (Å²) < 4.78 is 75.2. The van der Waals surface area contributed by atoms with E-state index in [-0.39, 0.29) is 35.3 Å². The molecule has 8 nitrogen and oxygen atoms in total. The summed E-state index contributed by atoms with van der Waals surface area (Å²) in [5.74, 6) is -1.99. The molecule has 0 radical (unpaired) electrons. The van der Waals surface area contributed by atoms with Gasteiger partial charge in [0, 0.05) is 6.07 Å². The van der Waals surface area contributed by atoms with Crippen LogP contribution < -0.4 is 9.47 Å². The fourth-order valence-electron chi connectivity index (χ4n) is 3.23. The van der Waals surface area contributed by atoms with Crippen molar-refractivity contribution in [2.24, 2.45) is 0 Å². The van der Waals surface area contributed by atoms with Gasteiger partial charge in [-0.15, -0.1) is 23.4 Å². The van der Waals surface area contributed by atoms with Gasteiger partial charge in [-0.2, -0.15) is 5.10 Å². The van der Waals surface area contributed by atoms with Gasteiger partial charge in [0.05, 0.1) is 30.2 Å². The van der Waals surface area contributed by atoms with Crippen molar-refractivity contribution in [1.29, 1.82) is 0 Å². The van der Waals surface area contributed by atoms with Gasteiger partial charge in [-0.1, -0.05) is 6.07 Å². The van der Waals surface area contributed by atoms with Crippen molar-refractivity contribution in [2.45, 2.75) is 12.9 Å². The number of hydrogen-bond donors (Lipinski definition) is 0. The first-order valence-electron chi connectivity index (χ1n) is 10.2. The van der Waals surface area contributed by atoms with Gasteiger partial charge in [-0.05, 0) is 42.5 Å². The van der Waals surface area contributed by atoms with Crippen LogP contribution in [0.1, 0.15) is 5.69 Å². The second-order valence-electron chi connectivity index (χ2n) is 7.37. The Bertz CT molecular complexity index is 1470. The average molecular weight is 500 g/mol. The smallest absolute Gasteiger partial charge is 0.438 e. The Kier molecular flexibility index (Phi) is 5.88. The Hall–Kier alpha value is -4.68. The molecular weight excluding hydrogens is 487 g/mol. The zero-order chi connectivity index (χ0) is 25.3. The summed E-state index contributed by atoms with van der Waals surface area (Å²) in [5, 5.41) is 12.2. The molecule has 1 aromatic heterocycles. The molecule has 0 atom stereocenters. The van der Waals surface area contributed by atoms with Gasteiger partial charge < -0.3 is 9.47 Å². The number of benzene rings is 2. The highest BCUT2D eigenvalue weighted by atomic mass is 19.4. The van der Waals surface area contributed by atoms with E-state index in [1.807, 2.05) is 0 Å². The van der Waals surface area contributed by atoms with Crippen molar-refractivity contribution in [2.75, 3.05) is 0 Å². The summed E-state index contributed by atoms with van der Waals surface area (Å²) in [7, 11) is 0. The maximum absolute atomic E-state index is 14.1. The molecule has 0 saturated heterocycles. The molecule has 0 spiro atoms. The van der Waals surface area contributed by atoms with E-state index in [1.165, 1.54) is 41.2 Å². The fraction of sp³-hybridized carbons (Fsp3) is 0.0870. The predicted molar refractivity (Wildman–Crippen MR) is 114 cm³/mol. The standard InChI is InChI=1S/C23H13F5N6O2/c24-17-3-1-2-16(21(17)25)22-30-18-10-29-34(12-19(18)31-22)11-13-4-9-20(33-32-13)35-14-5-7-15(8-6-14)36-23(26,27)28/h1-10,12H,11H2. The lowest BCUT2D eigenvalue weighted by Crippen LogP contribution is -2.16. The molecule has 36 heavy (non-hydrogen) atoms. The summed E-state index contributed by atoms with van der Waals surface area (Å²) in [6.45, 7) is 0.212. The van der Waals surface area contributed by atoms with Gasteiger partial charge in [-0.3, -0.25) is 4.68 Å². The highest BCUT2D eigenvalue weighted by Crippen LogP contribution is 2.28. The van der Waals surface area contributed by atoms with Crippen molar-refractivity contribution < 1.29 is 31.4 Å². The van der Waals surface area contributed by atoms with Crippen LogP contribution in [0.25, 0.3) is 22.8 Å². The van der Waals surface area contributed by atoms with Crippen LogP contribution in [0.5, 0.6) is 17.4 Å². The lowest BCUT2D eigenvalue weighted by atomic mass is 10.2. The molecule has 2 aliphatic rings. The fourth-order valence-corrected chi connectivity index (χ4v) is 3.23. The third-order valence-electron chi connectivity index (χ3n) is 4.81. The second kappa shape index (κ2) is 9.17. The summed E-state index contributed by atoms with van der Waals surface area (Å²) in [5.41, 5.74) is 1.30. The zero-order valence-electron chi connectivity index (χ0n) is 17.9. The maximum Gasteiger partial charge on any atom is 0.573 e. The highest BCUT2D eigenvalue weighted by Gasteiger charge is 2.31. The van der Waals surface area contributed by atoms with Gasteiger partial charge >= 0.3 is 6.36 Å². The molecule has 182 valence electrons. The van der Waals surface area contributed by atoms with Crippen molar-refractivity contribution >= 4 is 0 Å². The molecular formula is C23H13F5N6O2. The minimum atomic E-state index is -4.78. The second-order valence-corrected chi connectivity index (χ2v) is 7.37. The van der Waals surface area contributed by atoms with Crippen LogP contribution in [0.2, 0.25) is 0 Å². The molecule has 2 aliphatic heterocycles. The molecule has 0 amide bonds. The lowest BCUT2D eigenvalue weighted by molar-refractivity contribution is -0.274. The molecule has 5 rings (SSSR count). The Morgan fingerprint density at radius 2 is 1.58 bits per heavy atom. The third-order valence-corrected chi connectivity index (χ3v) is 4.81. The van der Waals surface area contributed by atoms with Crippen molar-refractivity contribution in [3.8, 4) is 40.2 Å². The first-order valence-corrected chi connectivity index (χ1v) is 10.2. The molecule has 0 N–H and O–H groups in total. The molecule has 0 saturated carbocycles. The van der Waals surface area contributed by atoms with Crippen LogP contribution in [0, 0.1) is 11.6 Å². The monoisotopic (exact) mass is 500 g/mol. The number of halogens is 5. The van der Waals surface area contributed by atoms with Crippen LogP contribution in [0.4, 0.5) is 22.0 Å². The predicted octanol–water partition coefficient (Wildman–Crippen LogP) is 5.25. The van der Waals surface area contributed by atoms with Crippen molar-refractivity contribution in [3.05, 3.63) is 84.3 Å². The highest BCUT2D eigenvalue weighted by molar-refractivity contribution is 5.65. The minimum Gasteiger partial charge on any atom is -0.438 e. The van der Waals surface area contributed by atoms with E-state index >= 15 is 0 Å². The maximum atomic E-state index is 14.1. The van der Waals surface area contributed by atoms with Gasteiger partial charge in [-0.25, -0.2) is 18.7 Å². The molecule has 13 heteroatoms. The molecule has 3 aromatic rings. The quantitative estimate of drug-likeness (QED) is 0.294. The Balaban J connectivity index is 1.27. The summed E-state index contributed by atoms with van der Waals surface area (Å²) >= 11 is 0. The first kappa shape index (κ1) is 23.1. The first-order chi connectivity index (χ1) is 17.2. The molecule has 0 fully saturated rings. The van der Waals surface area contributed by atoms with E-state index in [1.54, 1.807) is 12.3 Å². The van der Waals surface area contributed by atoms with E-state index in [9.17, 15) is 22.0 Å². The van der Waals surface area contributed by atoms with Crippen LogP contribution >= 0.6 is 0 Å². The summed E-state index contributed by atoms with van der Waals surface area (Å²) in [6.07, 6.45) is -1.75. The Morgan fingerprint density at radius 1 is 0.833 bits per heavy atom. The van der Waals surface area contributed by atoms with Gasteiger partial charge in [0.1, 0.15) is 22.9 Å². The van der Waals surface area contributed by atoms with Crippen LogP contribution in [-0.4, -0.2) is 36.3 Å². The molecule has 0 bridgehead atoms.